The average molecular weight is 772 g/mol. The summed E-state index contributed by atoms with van der Waals surface area (Å²) in [4.78, 5) is 26.3. The van der Waals surface area contributed by atoms with Crippen molar-refractivity contribution in [2.75, 3.05) is 37.7 Å². The number of hydrogen-bond donors (Lipinski definition) is 1. The number of carbonyl (C=O) groups excluding carboxylic acids is 1. The fourth-order valence-corrected chi connectivity index (χ4v) is 9.11. The van der Waals surface area contributed by atoms with Gasteiger partial charge in [-0.1, -0.05) is 32.8 Å². The Morgan fingerprint density at radius 2 is 1.73 bits per heavy atom. The lowest BCUT2D eigenvalue weighted by molar-refractivity contribution is -0.0220. The Kier molecular flexibility index (Phi) is 9.29. The van der Waals surface area contributed by atoms with Crippen LogP contribution in [0.25, 0.3) is 61.0 Å². The summed E-state index contributed by atoms with van der Waals surface area (Å²) in [6.45, 7) is 7.13. The van der Waals surface area contributed by atoms with Crippen LogP contribution in [0.5, 0.6) is 0 Å². The summed E-state index contributed by atoms with van der Waals surface area (Å²) in [5.74, 6) is 0.186. The average Bonchev–Trinajstić information content (AvgIpc) is 3.75. The minimum Gasteiger partial charge on any atom is -0.455 e. The molecule has 0 saturated carbocycles. The molecule has 0 bridgehead atoms. The highest BCUT2D eigenvalue weighted by Gasteiger charge is 2.41. The van der Waals surface area contributed by atoms with Gasteiger partial charge in [-0.2, -0.15) is 5.26 Å². The van der Waals surface area contributed by atoms with Crippen LogP contribution in [0.2, 0.25) is 0 Å². The fraction of sp³-hybridized carbons (Fsp3) is 0.302. The van der Waals surface area contributed by atoms with Crippen molar-refractivity contribution in [2.24, 2.45) is 5.41 Å². The van der Waals surface area contributed by atoms with Gasteiger partial charge in [-0.3, -0.25) is 18.4 Å². The minimum absolute atomic E-state index is 0.214. The smallest absolute Gasteiger partial charge is 0.255 e. The van der Waals surface area contributed by atoms with Crippen molar-refractivity contribution < 1.29 is 22.0 Å². The van der Waals surface area contributed by atoms with Crippen LogP contribution in [0.15, 0.2) is 77.2 Å². The van der Waals surface area contributed by atoms with E-state index in [2.05, 4.69) is 34.5 Å². The van der Waals surface area contributed by atoms with Crippen molar-refractivity contribution in [3.63, 3.8) is 0 Å². The zero-order chi connectivity index (χ0) is 39.5. The molecule has 56 heavy (non-hydrogen) atoms. The van der Waals surface area contributed by atoms with E-state index in [0.717, 1.165) is 58.7 Å². The molecule has 8 rings (SSSR count). The van der Waals surface area contributed by atoms with Crippen LogP contribution in [0.1, 0.15) is 61.3 Å². The van der Waals surface area contributed by atoms with E-state index in [1.165, 1.54) is 51.2 Å². The quantitative estimate of drug-likeness (QED) is 0.139. The number of furan rings is 1. The van der Waals surface area contributed by atoms with Crippen LogP contribution in [0, 0.1) is 22.6 Å². The van der Waals surface area contributed by atoms with Gasteiger partial charge in [0.15, 0.2) is 0 Å². The normalized spacial score (nSPS) is 14.4. The number of hydrogen-bond acceptors (Lipinski definition) is 8. The van der Waals surface area contributed by atoms with Crippen molar-refractivity contribution in [3.05, 3.63) is 95.6 Å². The summed E-state index contributed by atoms with van der Waals surface area (Å²) >= 11 is 0. The second-order valence-electron chi connectivity index (χ2n) is 14.9. The number of benzene rings is 3. The Labute approximate surface area is 324 Å². The summed E-state index contributed by atoms with van der Waals surface area (Å²) < 4.78 is 49.6. The molecule has 0 aliphatic carbocycles. The number of amides is 1. The van der Waals surface area contributed by atoms with Gasteiger partial charge in [0.25, 0.3) is 5.91 Å². The molecule has 1 aliphatic rings. The SMILES string of the molecule is CCCC1(CCC)CN(Cc2nc3ccc(-c4cc5c(C(=O)NC)c(-c6ccc(F)cc6)oc5cc4N(C)S(C)(=O)=O)nc3c3cc4c(C#N)cccc4n23)C1. The molecule has 13 heteroatoms. The number of rotatable bonds is 11. The van der Waals surface area contributed by atoms with Crippen LogP contribution in [-0.4, -0.2) is 67.0 Å². The number of nitriles is 1. The lowest BCUT2D eigenvalue weighted by Gasteiger charge is -2.50. The summed E-state index contributed by atoms with van der Waals surface area (Å²) in [6.07, 6.45) is 5.80. The third-order valence-corrected chi connectivity index (χ3v) is 12.3. The van der Waals surface area contributed by atoms with Gasteiger partial charge in [0.1, 0.15) is 28.5 Å². The molecule has 0 radical (unpaired) electrons. The number of halogens is 1. The number of fused-ring (bicyclic) bond motifs is 6. The summed E-state index contributed by atoms with van der Waals surface area (Å²) in [7, 11) is -0.820. The third kappa shape index (κ3) is 6.23. The zero-order valence-electron chi connectivity index (χ0n) is 32.0. The lowest BCUT2D eigenvalue weighted by atomic mass is 9.72. The van der Waals surface area contributed by atoms with Crippen LogP contribution in [0.3, 0.4) is 0 Å². The maximum atomic E-state index is 13.9. The molecule has 1 aliphatic heterocycles. The molecule has 1 amide bonds. The summed E-state index contributed by atoms with van der Waals surface area (Å²) in [5, 5.41) is 14.0. The third-order valence-electron chi connectivity index (χ3n) is 11.1. The van der Waals surface area contributed by atoms with Crippen molar-refractivity contribution in [1.29, 1.82) is 5.26 Å². The first kappa shape index (κ1) is 37.1. The first-order chi connectivity index (χ1) is 26.9. The summed E-state index contributed by atoms with van der Waals surface area (Å²) in [5.41, 5.74) is 5.82. The van der Waals surface area contributed by atoms with Crippen molar-refractivity contribution >= 4 is 60.0 Å². The van der Waals surface area contributed by atoms with Crippen molar-refractivity contribution in [2.45, 2.75) is 46.1 Å². The van der Waals surface area contributed by atoms with Gasteiger partial charge in [0.05, 0.1) is 57.9 Å². The molecular weight excluding hydrogens is 730 g/mol. The summed E-state index contributed by atoms with van der Waals surface area (Å²) in [6, 6.07) is 22.6. The molecule has 3 aromatic carbocycles. The minimum atomic E-state index is -3.78. The molecule has 7 aromatic rings. The molecule has 1 saturated heterocycles. The molecule has 0 unspecified atom stereocenters. The molecule has 1 N–H and O–H groups in total. The van der Waals surface area contributed by atoms with Crippen LogP contribution >= 0.6 is 0 Å². The van der Waals surface area contributed by atoms with E-state index in [1.807, 2.05) is 24.3 Å². The largest absolute Gasteiger partial charge is 0.455 e. The van der Waals surface area contributed by atoms with Gasteiger partial charge in [-0.15, -0.1) is 0 Å². The van der Waals surface area contributed by atoms with Gasteiger partial charge < -0.3 is 9.73 Å². The Bertz CT molecular complexity index is 2840. The Morgan fingerprint density at radius 1 is 1.00 bits per heavy atom. The number of nitrogens with one attached hydrogen (secondary N) is 1. The maximum Gasteiger partial charge on any atom is 0.255 e. The van der Waals surface area contributed by atoms with Gasteiger partial charge in [0, 0.05) is 55.2 Å². The molecule has 0 atom stereocenters. The lowest BCUT2D eigenvalue weighted by Crippen LogP contribution is -2.55. The van der Waals surface area contributed by atoms with E-state index < -0.39 is 21.7 Å². The monoisotopic (exact) mass is 771 g/mol. The first-order valence-corrected chi connectivity index (χ1v) is 20.6. The number of nitrogens with zero attached hydrogens (tertiary/aromatic N) is 6. The number of anilines is 1. The van der Waals surface area contributed by atoms with E-state index in [4.69, 9.17) is 14.4 Å². The number of pyridine rings is 1. The molecule has 1 fully saturated rings. The highest BCUT2D eigenvalue weighted by molar-refractivity contribution is 7.92. The molecule has 286 valence electrons. The molecular formula is C43H42FN7O4S. The van der Waals surface area contributed by atoms with Gasteiger partial charge in [-0.05, 0) is 78.9 Å². The molecule has 5 heterocycles. The van der Waals surface area contributed by atoms with Gasteiger partial charge in [0.2, 0.25) is 10.0 Å². The van der Waals surface area contributed by atoms with E-state index in [0.29, 0.717) is 50.8 Å². The predicted molar refractivity (Wildman–Crippen MR) is 217 cm³/mol. The maximum absolute atomic E-state index is 13.9. The Balaban J connectivity index is 1.35. The fourth-order valence-electron chi connectivity index (χ4n) is 8.60. The van der Waals surface area contributed by atoms with Crippen LogP contribution in [-0.2, 0) is 16.6 Å². The Morgan fingerprint density at radius 3 is 2.39 bits per heavy atom. The first-order valence-electron chi connectivity index (χ1n) is 18.8. The van der Waals surface area contributed by atoms with Crippen molar-refractivity contribution in [3.8, 4) is 28.7 Å². The number of sulfonamides is 1. The predicted octanol–water partition coefficient (Wildman–Crippen LogP) is 8.28. The molecule has 11 nitrogen and oxygen atoms in total. The Hall–Kier alpha value is -5.84. The van der Waals surface area contributed by atoms with E-state index in [9.17, 15) is 22.9 Å². The van der Waals surface area contributed by atoms with E-state index in [1.54, 1.807) is 24.3 Å². The second kappa shape index (κ2) is 14.0. The number of likely N-dealkylation sites (tertiary alicyclic amines) is 1. The zero-order valence-corrected chi connectivity index (χ0v) is 32.8. The molecule has 0 spiro atoms. The number of aromatic nitrogens is 3. The van der Waals surface area contributed by atoms with Crippen LogP contribution < -0.4 is 9.62 Å². The van der Waals surface area contributed by atoms with Crippen molar-refractivity contribution in [1.82, 2.24) is 24.6 Å². The second-order valence-corrected chi connectivity index (χ2v) is 17.0. The highest BCUT2D eigenvalue weighted by atomic mass is 32.2. The van der Waals surface area contributed by atoms with E-state index >= 15 is 0 Å². The van der Waals surface area contributed by atoms with E-state index in [-0.39, 0.29) is 22.6 Å². The number of carbonyl (C=O) groups is 1. The van der Waals surface area contributed by atoms with Gasteiger partial charge in [-0.25, -0.2) is 22.8 Å². The van der Waals surface area contributed by atoms with Gasteiger partial charge >= 0.3 is 0 Å². The highest BCUT2D eigenvalue weighted by Crippen LogP contribution is 2.43. The topological polar surface area (TPSA) is 137 Å². The standard InChI is InChI=1S/C43H42FN7O4S/c1-6-17-43(18-7-2)24-50(25-43)23-38-47-33-16-15-32(48-40(33)36-20-29-27(22-45)9-8-10-34(29)51(36)38)30-19-31-37(21-35(30)49(4)56(5,53)54)55-41(39(31)42(52)46-3)26-11-13-28(44)14-12-26/h8-16,19-21H,6-7,17-18,23-25H2,1-5H3,(H,46,52). The van der Waals surface area contributed by atoms with Crippen LogP contribution in [0.4, 0.5) is 10.1 Å². The molecule has 4 aromatic heterocycles.